The van der Waals surface area contributed by atoms with Crippen LogP contribution < -0.4 is 15.2 Å². The Morgan fingerprint density at radius 2 is 1.84 bits per heavy atom. The van der Waals surface area contributed by atoms with E-state index < -0.39 is 11.9 Å². The summed E-state index contributed by atoms with van der Waals surface area (Å²) in [6.07, 6.45) is 0. The predicted molar refractivity (Wildman–Crippen MR) is 124 cm³/mol. The number of aryl methyl sites for hydroxylation is 1. The Kier molecular flexibility index (Phi) is 4.89. The first-order chi connectivity index (χ1) is 15.6. The van der Waals surface area contributed by atoms with Crippen LogP contribution in [-0.2, 0) is 0 Å². The minimum Gasteiger partial charge on any atom is -0.439 e. The van der Waals surface area contributed by atoms with Crippen molar-refractivity contribution in [1.29, 1.82) is 5.26 Å². The van der Waals surface area contributed by atoms with E-state index in [-0.39, 0.29) is 5.88 Å². The first-order valence-corrected chi connectivity index (χ1v) is 10.8. The zero-order valence-electron chi connectivity index (χ0n) is 17.2. The molecule has 0 saturated heterocycles. The molecule has 5 rings (SSSR count). The van der Waals surface area contributed by atoms with Crippen molar-refractivity contribution < 1.29 is 14.3 Å². The van der Waals surface area contributed by atoms with Crippen LogP contribution in [-0.4, -0.2) is 5.97 Å². The van der Waals surface area contributed by atoms with E-state index >= 15 is 0 Å². The normalized spacial score (nSPS) is 15.1. The molecule has 3 aromatic carbocycles. The lowest BCUT2D eigenvalue weighted by Gasteiger charge is -2.25. The van der Waals surface area contributed by atoms with E-state index in [1.807, 2.05) is 55.5 Å². The summed E-state index contributed by atoms with van der Waals surface area (Å²) in [5.41, 5.74) is 8.56. The molecule has 0 fully saturated rings. The largest absolute Gasteiger partial charge is 0.439 e. The van der Waals surface area contributed by atoms with Crippen molar-refractivity contribution in [3.8, 4) is 17.6 Å². The molecular formula is C26H18N2O3S. The number of benzene rings is 3. The van der Waals surface area contributed by atoms with Crippen molar-refractivity contribution in [2.24, 2.45) is 5.73 Å². The topological polar surface area (TPSA) is 85.3 Å². The average molecular weight is 439 g/mol. The van der Waals surface area contributed by atoms with Gasteiger partial charge in [0.15, 0.2) is 5.75 Å². The summed E-state index contributed by atoms with van der Waals surface area (Å²) < 4.78 is 12.8. The van der Waals surface area contributed by atoms with Crippen LogP contribution in [0.3, 0.4) is 0 Å². The number of nitrogens with two attached hydrogens (primary N) is 1. The van der Waals surface area contributed by atoms with Crippen LogP contribution in [0.25, 0.3) is 10.1 Å². The van der Waals surface area contributed by atoms with E-state index in [0.29, 0.717) is 28.2 Å². The lowest BCUT2D eigenvalue weighted by molar-refractivity contribution is 0.0733. The fourth-order valence-corrected chi connectivity index (χ4v) is 5.15. The molecule has 4 aromatic rings. The number of rotatable bonds is 3. The second-order valence-corrected chi connectivity index (χ2v) is 8.60. The molecule has 1 unspecified atom stereocenters. The fourth-order valence-electron chi connectivity index (χ4n) is 3.89. The van der Waals surface area contributed by atoms with Gasteiger partial charge >= 0.3 is 5.97 Å². The monoisotopic (exact) mass is 438 g/mol. The first-order valence-electron chi connectivity index (χ1n) is 10.0. The van der Waals surface area contributed by atoms with E-state index in [1.165, 1.54) is 0 Å². The number of carbonyl (C=O) groups excluding carboxylic acids is 1. The molecule has 2 heterocycles. The number of fused-ring (bicyclic) bond motifs is 3. The molecule has 0 spiro atoms. The van der Waals surface area contributed by atoms with Crippen molar-refractivity contribution in [3.63, 3.8) is 0 Å². The van der Waals surface area contributed by atoms with Gasteiger partial charge in [0, 0.05) is 15.6 Å². The molecule has 6 heteroatoms. The number of esters is 1. The smallest absolute Gasteiger partial charge is 0.343 e. The van der Waals surface area contributed by atoms with E-state index in [1.54, 1.807) is 35.6 Å². The van der Waals surface area contributed by atoms with Gasteiger partial charge in [0.1, 0.15) is 17.4 Å². The summed E-state index contributed by atoms with van der Waals surface area (Å²) in [6, 6.07) is 24.5. The molecule has 0 saturated carbocycles. The highest BCUT2D eigenvalue weighted by Crippen LogP contribution is 2.51. The van der Waals surface area contributed by atoms with E-state index in [2.05, 4.69) is 6.07 Å². The molecule has 32 heavy (non-hydrogen) atoms. The summed E-state index contributed by atoms with van der Waals surface area (Å²) in [4.78, 5) is 13.7. The second-order valence-electron chi connectivity index (χ2n) is 7.51. The quantitative estimate of drug-likeness (QED) is 0.330. The van der Waals surface area contributed by atoms with Crippen LogP contribution in [0.5, 0.6) is 11.5 Å². The van der Waals surface area contributed by atoms with Gasteiger partial charge in [0.25, 0.3) is 0 Å². The first kappa shape index (κ1) is 19.9. The number of nitrogens with zero attached hydrogens (tertiary/aromatic N) is 1. The zero-order valence-corrected chi connectivity index (χ0v) is 18.0. The fraction of sp³-hybridized carbons (Fsp3) is 0.0769. The van der Waals surface area contributed by atoms with Crippen molar-refractivity contribution in [2.45, 2.75) is 12.8 Å². The molecule has 0 amide bonds. The molecule has 1 aliphatic rings. The summed E-state index contributed by atoms with van der Waals surface area (Å²) in [5.74, 6) is 0.147. The Balaban J connectivity index is 1.67. The third-order valence-electron chi connectivity index (χ3n) is 5.42. The highest BCUT2D eigenvalue weighted by atomic mass is 32.1. The van der Waals surface area contributed by atoms with E-state index in [0.717, 1.165) is 20.5 Å². The minimum atomic E-state index is -0.500. The number of allylic oxidation sites excluding steroid dienone is 1. The number of nitriles is 1. The van der Waals surface area contributed by atoms with Gasteiger partial charge in [0.05, 0.1) is 16.4 Å². The van der Waals surface area contributed by atoms with Crippen LogP contribution in [0.2, 0.25) is 0 Å². The number of carbonyl (C=O) groups is 1. The van der Waals surface area contributed by atoms with E-state index in [4.69, 9.17) is 15.2 Å². The molecule has 5 nitrogen and oxygen atoms in total. The van der Waals surface area contributed by atoms with Crippen LogP contribution in [0.1, 0.15) is 32.3 Å². The maximum absolute atomic E-state index is 12.8. The van der Waals surface area contributed by atoms with Crippen molar-refractivity contribution >= 4 is 27.4 Å². The maximum Gasteiger partial charge on any atom is 0.343 e. The lowest BCUT2D eigenvalue weighted by atomic mass is 9.87. The molecule has 0 radical (unpaired) electrons. The van der Waals surface area contributed by atoms with Gasteiger partial charge in [0.2, 0.25) is 5.88 Å². The molecule has 0 aliphatic carbocycles. The Labute approximate surface area is 188 Å². The van der Waals surface area contributed by atoms with Gasteiger partial charge < -0.3 is 15.2 Å². The van der Waals surface area contributed by atoms with Crippen LogP contribution in [0.4, 0.5) is 0 Å². The predicted octanol–water partition coefficient (Wildman–Crippen LogP) is 5.65. The van der Waals surface area contributed by atoms with Crippen LogP contribution >= 0.6 is 11.3 Å². The van der Waals surface area contributed by atoms with Crippen molar-refractivity contribution in [2.75, 3.05) is 0 Å². The number of ether oxygens (including phenoxy) is 2. The van der Waals surface area contributed by atoms with Gasteiger partial charge in [-0.15, -0.1) is 11.3 Å². The number of hydrogen-bond acceptors (Lipinski definition) is 6. The maximum atomic E-state index is 12.8. The standard InChI is InChI=1S/C26H18N2O3S/c1-15-11-12-17(20(13-15)30-26(29)16-7-3-2-4-8-16)22-19(14-27)25(28)31-23-18-9-5-6-10-21(18)32-24(22)23/h2-13,22H,28H2,1H3. The molecule has 1 aromatic heterocycles. The van der Waals surface area contributed by atoms with Gasteiger partial charge in [-0.25, -0.2) is 4.79 Å². The molecular weight excluding hydrogens is 420 g/mol. The second kappa shape index (κ2) is 7.88. The third kappa shape index (κ3) is 3.29. The number of thiophene rings is 1. The average Bonchev–Trinajstić information content (AvgIpc) is 3.17. The summed E-state index contributed by atoms with van der Waals surface area (Å²) in [5, 5.41) is 10.9. The highest BCUT2D eigenvalue weighted by molar-refractivity contribution is 7.19. The minimum absolute atomic E-state index is 0.0643. The molecule has 1 aliphatic heterocycles. The molecule has 156 valence electrons. The molecule has 2 N–H and O–H groups in total. The summed E-state index contributed by atoms with van der Waals surface area (Å²) in [6.45, 7) is 1.92. The van der Waals surface area contributed by atoms with Crippen molar-refractivity contribution in [1.82, 2.24) is 0 Å². The Morgan fingerprint density at radius 1 is 1.09 bits per heavy atom. The Morgan fingerprint density at radius 3 is 2.62 bits per heavy atom. The van der Waals surface area contributed by atoms with Gasteiger partial charge in [-0.3, -0.25) is 0 Å². The number of hydrogen-bond donors (Lipinski definition) is 1. The Bertz CT molecular complexity index is 1430. The lowest BCUT2D eigenvalue weighted by Crippen LogP contribution is -2.21. The van der Waals surface area contributed by atoms with Gasteiger partial charge in [-0.1, -0.05) is 42.5 Å². The summed E-state index contributed by atoms with van der Waals surface area (Å²) in [7, 11) is 0. The SMILES string of the molecule is Cc1ccc(C2C(C#N)=C(N)Oc3c2sc2ccccc32)c(OC(=O)c2ccccc2)c1. The molecule has 0 bridgehead atoms. The van der Waals surface area contributed by atoms with Gasteiger partial charge in [-0.2, -0.15) is 5.26 Å². The summed E-state index contributed by atoms with van der Waals surface area (Å²) >= 11 is 1.55. The van der Waals surface area contributed by atoms with Crippen LogP contribution in [0, 0.1) is 18.3 Å². The highest BCUT2D eigenvalue weighted by Gasteiger charge is 2.35. The third-order valence-corrected chi connectivity index (χ3v) is 6.63. The van der Waals surface area contributed by atoms with E-state index in [9.17, 15) is 10.1 Å². The molecule has 1 atom stereocenters. The Hall–Kier alpha value is -4.08. The zero-order chi connectivity index (χ0) is 22.2. The van der Waals surface area contributed by atoms with Gasteiger partial charge in [-0.05, 0) is 42.8 Å². The van der Waals surface area contributed by atoms with Crippen molar-refractivity contribution in [3.05, 3.63) is 106 Å². The van der Waals surface area contributed by atoms with Crippen LogP contribution in [0.15, 0.2) is 84.3 Å².